The van der Waals surface area contributed by atoms with E-state index in [0.717, 1.165) is 0 Å². The predicted octanol–water partition coefficient (Wildman–Crippen LogP) is 2.46. The summed E-state index contributed by atoms with van der Waals surface area (Å²) in [6.45, 7) is 9.47. The van der Waals surface area contributed by atoms with Gasteiger partial charge in [-0.15, -0.1) is 10.2 Å². The van der Waals surface area contributed by atoms with Crippen molar-refractivity contribution in [3.05, 3.63) is 11.3 Å². The molecule has 0 atom stereocenters. The van der Waals surface area contributed by atoms with Crippen molar-refractivity contribution in [2.75, 3.05) is 10.2 Å². The van der Waals surface area contributed by atoms with Crippen LogP contribution in [0.5, 0.6) is 0 Å². The van der Waals surface area contributed by atoms with Crippen molar-refractivity contribution in [2.45, 2.75) is 46.7 Å². The van der Waals surface area contributed by atoms with Crippen LogP contribution in [0.4, 0.5) is 10.3 Å². The highest BCUT2D eigenvalue weighted by atomic mass is 32.1. The first-order valence-corrected chi connectivity index (χ1v) is 7.32. The molecule has 7 nitrogen and oxygen atoms in total. The molecule has 1 aromatic rings. The molecule has 0 unspecified atom stereocenters. The number of nitrogens with one attached hydrogen (secondary N) is 1. The molecule has 0 aliphatic rings. The molecule has 1 aromatic heterocycles. The lowest BCUT2D eigenvalue weighted by Crippen LogP contribution is -2.36. The Hall–Kier alpha value is -2.14. The average Bonchev–Trinajstić information content (AvgIpc) is 2.76. The van der Waals surface area contributed by atoms with Gasteiger partial charge in [-0.25, -0.2) is 0 Å². The number of nitrogens with zero attached hydrogens (tertiary/aromatic N) is 4. The molecule has 1 heterocycles. The molecule has 2 N–H and O–H groups in total. The van der Waals surface area contributed by atoms with Gasteiger partial charge in [0, 0.05) is 12.1 Å². The molecule has 8 heteroatoms. The molecular weight excluding hydrogens is 290 g/mol. The van der Waals surface area contributed by atoms with E-state index in [1.54, 1.807) is 6.07 Å². The molecular formula is C13H19N5O2S. The summed E-state index contributed by atoms with van der Waals surface area (Å²) in [4.78, 5) is 13.9. The van der Waals surface area contributed by atoms with Crippen LogP contribution in [0.15, 0.2) is 11.3 Å². The normalized spacial score (nSPS) is 12.1. The molecule has 1 amide bonds. The van der Waals surface area contributed by atoms with Crippen molar-refractivity contribution < 1.29 is 9.90 Å². The fraction of sp³-hybridized carbons (Fsp3) is 0.538. The lowest BCUT2D eigenvalue weighted by molar-refractivity contribution is -0.112. The zero-order valence-electron chi connectivity index (χ0n) is 12.7. The standard InChI is InChI=1S/C13H19N5O2S/c1-7(2)18(8(3)4)13-17-16-12(21-13)15-11(20)10(6-14)9(5)19/h7-8,19H,1-5H3,(H,15,16,20). The van der Waals surface area contributed by atoms with Crippen LogP contribution in [0.1, 0.15) is 34.6 Å². The van der Waals surface area contributed by atoms with Crippen LogP contribution in [0.2, 0.25) is 0 Å². The van der Waals surface area contributed by atoms with Gasteiger partial charge in [-0.2, -0.15) is 5.26 Å². The second-order valence-electron chi connectivity index (χ2n) is 5.01. The first kappa shape index (κ1) is 16.9. The van der Waals surface area contributed by atoms with E-state index in [1.807, 2.05) is 27.7 Å². The Bertz CT molecular complexity index is 574. The van der Waals surface area contributed by atoms with Crippen molar-refractivity contribution in [2.24, 2.45) is 0 Å². The quantitative estimate of drug-likeness (QED) is 0.492. The summed E-state index contributed by atoms with van der Waals surface area (Å²) in [6.07, 6.45) is 0. The molecule has 0 aliphatic carbocycles. The van der Waals surface area contributed by atoms with Gasteiger partial charge in [0.05, 0.1) is 0 Å². The Balaban J connectivity index is 2.93. The molecule has 0 aliphatic heterocycles. The summed E-state index contributed by atoms with van der Waals surface area (Å²) in [5.41, 5.74) is -0.337. The second-order valence-corrected chi connectivity index (χ2v) is 5.97. The SMILES string of the molecule is CC(O)=C(C#N)C(=O)Nc1nnc(N(C(C)C)C(C)C)s1. The van der Waals surface area contributed by atoms with Gasteiger partial charge in [0.2, 0.25) is 10.3 Å². The first-order valence-electron chi connectivity index (χ1n) is 6.51. The van der Waals surface area contributed by atoms with Crippen LogP contribution in [0, 0.1) is 11.3 Å². The van der Waals surface area contributed by atoms with Crippen LogP contribution in [-0.2, 0) is 4.79 Å². The molecule has 21 heavy (non-hydrogen) atoms. The Morgan fingerprint density at radius 3 is 2.33 bits per heavy atom. The topological polar surface area (TPSA) is 102 Å². The Morgan fingerprint density at radius 1 is 1.33 bits per heavy atom. The predicted molar refractivity (Wildman–Crippen MR) is 82.2 cm³/mol. The van der Waals surface area contributed by atoms with Crippen LogP contribution in [0.25, 0.3) is 0 Å². The van der Waals surface area contributed by atoms with E-state index in [0.29, 0.717) is 5.13 Å². The summed E-state index contributed by atoms with van der Waals surface area (Å²) in [5, 5.41) is 29.5. The van der Waals surface area contributed by atoms with Gasteiger partial charge in [-0.1, -0.05) is 11.3 Å². The van der Waals surface area contributed by atoms with Crippen molar-refractivity contribution in [1.29, 1.82) is 5.26 Å². The van der Waals surface area contributed by atoms with Gasteiger partial charge in [0.1, 0.15) is 11.8 Å². The molecule has 0 spiro atoms. The fourth-order valence-corrected chi connectivity index (χ4v) is 2.87. The van der Waals surface area contributed by atoms with Gasteiger partial charge in [-0.05, 0) is 34.6 Å². The number of hydrogen-bond donors (Lipinski definition) is 2. The maximum Gasteiger partial charge on any atom is 0.271 e. The lowest BCUT2D eigenvalue weighted by atomic mass is 10.2. The van der Waals surface area contributed by atoms with Crippen LogP contribution >= 0.6 is 11.3 Å². The molecule has 114 valence electrons. The van der Waals surface area contributed by atoms with Crippen molar-refractivity contribution in [3.8, 4) is 6.07 Å². The zero-order chi connectivity index (χ0) is 16.2. The van der Waals surface area contributed by atoms with E-state index in [1.165, 1.54) is 18.3 Å². The Labute approximate surface area is 127 Å². The number of carbonyl (C=O) groups is 1. The number of anilines is 2. The largest absolute Gasteiger partial charge is 0.511 e. The van der Waals surface area contributed by atoms with Gasteiger partial charge < -0.3 is 10.0 Å². The lowest BCUT2D eigenvalue weighted by Gasteiger charge is -2.29. The van der Waals surface area contributed by atoms with E-state index < -0.39 is 5.91 Å². The molecule has 0 saturated carbocycles. The highest BCUT2D eigenvalue weighted by Gasteiger charge is 2.20. The smallest absolute Gasteiger partial charge is 0.271 e. The van der Waals surface area contributed by atoms with Crippen molar-refractivity contribution >= 4 is 27.5 Å². The molecule has 0 fully saturated rings. The molecule has 0 bridgehead atoms. The number of carbonyl (C=O) groups excluding carboxylic acids is 1. The number of aliphatic hydroxyl groups is 1. The van der Waals surface area contributed by atoms with Crippen molar-refractivity contribution in [3.63, 3.8) is 0 Å². The molecule has 0 radical (unpaired) electrons. The summed E-state index contributed by atoms with van der Waals surface area (Å²) in [5.74, 6) is -1.02. The summed E-state index contributed by atoms with van der Waals surface area (Å²) in [6, 6.07) is 2.14. The number of nitriles is 1. The number of amides is 1. The molecule has 0 saturated heterocycles. The Morgan fingerprint density at radius 2 is 1.90 bits per heavy atom. The van der Waals surface area contributed by atoms with E-state index >= 15 is 0 Å². The zero-order valence-corrected chi connectivity index (χ0v) is 13.5. The number of rotatable bonds is 5. The third kappa shape index (κ3) is 4.16. The monoisotopic (exact) mass is 309 g/mol. The van der Waals surface area contributed by atoms with E-state index in [2.05, 4.69) is 20.4 Å². The minimum absolute atomic E-state index is 0.246. The highest BCUT2D eigenvalue weighted by Crippen LogP contribution is 2.27. The minimum atomic E-state index is -0.694. The van der Waals surface area contributed by atoms with Crippen LogP contribution < -0.4 is 10.2 Å². The van der Waals surface area contributed by atoms with E-state index in [4.69, 9.17) is 5.26 Å². The third-order valence-electron chi connectivity index (χ3n) is 2.67. The highest BCUT2D eigenvalue weighted by molar-refractivity contribution is 7.19. The van der Waals surface area contributed by atoms with Crippen molar-refractivity contribution in [1.82, 2.24) is 10.2 Å². The summed E-state index contributed by atoms with van der Waals surface area (Å²) >= 11 is 1.22. The van der Waals surface area contributed by atoms with Gasteiger partial charge in [0.25, 0.3) is 5.91 Å². The van der Waals surface area contributed by atoms with E-state index in [9.17, 15) is 9.90 Å². The van der Waals surface area contributed by atoms with Gasteiger partial charge >= 0.3 is 0 Å². The maximum absolute atomic E-state index is 11.8. The number of hydrogen-bond acceptors (Lipinski definition) is 7. The summed E-state index contributed by atoms with van der Waals surface area (Å²) in [7, 11) is 0. The van der Waals surface area contributed by atoms with Crippen LogP contribution in [-0.4, -0.2) is 33.3 Å². The van der Waals surface area contributed by atoms with E-state index in [-0.39, 0.29) is 28.5 Å². The maximum atomic E-state index is 11.8. The van der Waals surface area contributed by atoms with Gasteiger partial charge in [0.15, 0.2) is 5.57 Å². The number of aromatic nitrogens is 2. The molecule has 0 aromatic carbocycles. The first-order chi connectivity index (χ1) is 9.77. The fourth-order valence-electron chi connectivity index (χ4n) is 1.86. The van der Waals surface area contributed by atoms with Crippen LogP contribution in [0.3, 0.4) is 0 Å². The number of aliphatic hydroxyl groups excluding tert-OH is 1. The molecule has 1 rings (SSSR count). The second kappa shape index (κ2) is 7.04. The Kier molecular flexibility index (Phi) is 5.67. The van der Waals surface area contributed by atoms with Gasteiger partial charge in [-0.3, -0.25) is 10.1 Å². The summed E-state index contributed by atoms with van der Waals surface area (Å²) < 4.78 is 0. The minimum Gasteiger partial charge on any atom is -0.511 e. The third-order valence-corrected chi connectivity index (χ3v) is 3.52. The number of allylic oxidation sites excluding steroid dienone is 1. The average molecular weight is 309 g/mol.